The van der Waals surface area contributed by atoms with E-state index < -0.39 is 0 Å². The van der Waals surface area contributed by atoms with E-state index in [1.807, 2.05) is 30.5 Å². The van der Waals surface area contributed by atoms with Crippen molar-refractivity contribution in [2.75, 3.05) is 24.7 Å². The maximum atomic E-state index is 5.46. The molecule has 0 aliphatic carbocycles. The van der Waals surface area contributed by atoms with Gasteiger partial charge in [-0.2, -0.15) is 11.8 Å². The maximum absolute atomic E-state index is 5.46. The van der Waals surface area contributed by atoms with Gasteiger partial charge in [0.05, 0.1) is 12.9 Å². The van der Waals surface area contributed by atoms with Gasteiger partial charge in [-0.15, -0.1) is 0 Å². The Kier molecular flexibility index (Phi) is 4.54. The van der Waals surface area contributed by atoms with Gasteiger partial charge in [-0.25, -0.2) is 4.98 Å². The average molecular weight is 226 g/mol. The minimum atomic E-state index is 0.784. The van der Waals surface area contributed by atoms with E-state index in [1.54, 1.807) is 0 Å². The summed E-state index contributed by atoms with van der Waals surface area (Å²) in [6, 6.07) is 0. The molecule has 0 radical (unpaired) electrons. The van der Waals surface area contributed by atoms with Crippen molar-refractivity contribution in [3.8, 4) is 0 Å². The molecule has 0 bridgehead atoms. The SMILES string of the molecule is c1cn(CCSC[C@H]2CCCOC2)cn1. The Hall–Kier alpha value is -0.480. The van der Waals surface area contributed by atoms with Crippen LogP contribution in [-0.2, 0) is 11.3 Å². The normalized spacial score (nSPS) is 21.7. The van der Waals surface area contributed by atoms with Gasteiger partial charge in [0.15, 0.2) is 0 Å². The van der Waals surface area contributed by atoms with Gasteiger partial charge in [0.1, 0.15) is 0 Å². The Labute approximate surface area is 95.2 Å². The van der Waals surface area contributed by atoms with Gasteiger partial charge in [-0.3, -0.25) is 0 Å². The fourth-order valence-corrected chi connectivity index (χ4v) is 2.88. The minimum absolute atomic E-state index is 0.784. The Balaban J connectivity index is 1.54. The molecule has 1 atom stereocenters. The molecule has 1 aliphatic heterocycles. The highest BCUT2D eigenvalue weighted by atomic mass is 32.2. The van der Waals surface area contributed by atoms with Gasteiger partial charge in [0, 0.05) is 31.3 Å². The molecule has 0 amide bonds. The van der Waals surface area contributed by atoms with Crippen LogP contribution in [-0.4, -0.2) is 34.3 Å². The molecule has 0 unspecified atom stereocenters. The van der Waals surface area contributed by atoms with Crippen LogP contribution in [0.25, 0.3) is 0 Å². The number of thioether (sulfide) groups is 1. The van der Waals surface area contributed by atoms with E-state index in [0.29, 0.717) is 0 Å². The van der Waals surface area contributed by atoms with Crippen molar-refractivity contribution in [2.45, 2.75) is 19.4 Å². The van der Waals surface area contributed by atoms with E-state index >= 15 is 0 Å². The second-order valence-electron chi connectivity index (χ2n) is 3.96. The highest BCUT2D eigenvalue weighted by molar-refractivity contribution is 7.99. The molecule has 0 N–H and O–H groups in total. The van der Waals surface area contributed by atoms with Crippen LogP contribution in [0.15, 0.2) is 18.7 Å². The molecule has 4 heteroatoms. The number of ether oxygens (including phenoxy) is 1. The number of aromatic nitrogens is 2. The Morgan fingerprint density at radius 2 is 2.53 bits per heavy atom. The highest BCUT2D eigenvalue weighted by Crippen LogP contribution is 2.18. The Morgan fingerprint density at radius 1 is 1.53 bits per heavy atom. The van der Waals surface area contributed by atoms with E-state index in [9.17, 15) is 0 Å². The molecule has 1 aromatic heterocycles. The molecular weight excluding hydrogens is 208 g/mol. The fourth-order valence-electron chi connectivity index (χ4n) is 1.78. The smallest absolute Gasteiger partial charge is 0.0946 e. The molecule has 1 aromatic rings. The predicted molar refractivity (Wildman–Crippen MR) is 63.1 cm³/mol. The van der Waals surface area contributed by atoms with E-state index in [0.717, 1.165) is 25.7 Å². The summed E-state index contributed by atoms with van der Waals surface area (Å²) in [6.45, 7) is 3.01. The standard InChI is InChI=1S/C11H18N2OS/c1-2-11(8-14-6-1)9-15-7-5-13-4-3-12-10-13/h3-4,10-11H,1-2,5-9H2/t11-/m0/s1. The third-order valence-electron chi connectivity index (χ3n) is 2.66. The minimum Gasteiger partial charge on any atom is -0.381 e. The Bertz CT molecular complexity index is 258. The van der Waals surface area contributed by atoms with Crippen molar-refractivity contribution in [2.24, 2.45) is 5.92 Å². The number of imidazole rings is 1. The van der Waals surface area contributed by atoms with Crippen LogP contribution in [0.4, 0.5) is 0 Å². The van der Waals surface area contributed by atoms with E-state index in [-0.39, 0.29) is 0 Å². The number of hydrogen-bond donors (Lipinski definition) is 0. The average Bonchev–Trinajstić information content (AvgIpc) is 2.79. The summed E-state index contributed by atoms with van der Waals surface area (Å²) < 4.78 is 7.59. The number of aryl methyl sites for hydroxylation is 1. The first-order valence-electron chi connectivity index (χ1n) is 5.56. The summed E-state index contributed by atoms with van der Waals surface area (Å²) in [5.74, 6) is 3.20. The van der Waals surface area contributed by atoms with Gasteiger partial charge in [0.25, 0.3) is 0 Å². The van der Waals surface area contributed by atoms with Crippen LogP contribution in [0.2, 0.25) is 0 Å². The van der Waals surface area contributed by atoms with Gasteiger partial charge in [-0.05, 0) is 24.5 Å². The molecule has 1 aliphatic rings. The Morgan fingerprint density at radius 3 is 3.27 bits per heavy atom. The lowest BCUT2D eigenvalue weighted by atomic mass is 10.1. The first-order chi connectivity index (χ1) is 7.45. The fraction of sp³-hybridized carbons (Fsp3) is 0.727. The number of nitrogens with zero attached hydrogens (tertiary/aromatic N) is 2. The lowest BCUT2D eigenvalue weighted by Gasteiger charge is -2.21. The second kappa shape index (κ2) is 6.18. The molecule has 0 aromatic carbocycles. The van der Waals surface area contributed by atoms with Crippen LogP contribution in [0, 0.1) is 5.92 Å². The van der Waals surface area contributed by atoms with E-state index in [4.69, 9.17) is 4.74 Å². The highest BCUT2D eigenvalue weighted by Gasteiger charge is 2.13. The van der Waals surface area contributed by atoms with Crippen molar-refractivity contribution in [3.63, 3.8) is 0 Å². The van der Waals surface area contributed by atoms with Crippen LogP contribution >= 0.6 is 11.8 Å². The molecule has 0 spiro atoms. The van der Waals surface area contributed by atoms with Gasteiger partial charge in [0.2, 0.25) is 0 Å². The van der Waals surface area contributed by atoms with Crippen molar-refractivity contribution >= 4 is 11.8 Å². The third-order valence-corrected chi connectivity index (χ3v) is 3.84. The van der Waals surface area contributed by atoms with Gasteiger partial charge in [-0.1, -0.05) is 0 Å². The van der Waals surface area contributed by atoms with Gasteiger partial charge < -0.3 is 9.30 Å². The predicted octanol–water partition coefficient (Wildman–Crippen LogP) is 2.04. The largest absolute Gasteiger partial charge is 0.381 e. The molecule has 15 heavy (non-hydrogen) atoms. The first-order valence-corrected chi connectivity index (χ1v) is 6.72. The molecule has 3 nitrogen and oxygen atoms in total. The van der Waals surface area contributed by atoms with Crippen molar-refractivity contribution in [1.82, 2.24) is 9.55 Å². The summed E-state index contributed by atoms with van der Waals surface area (Å²) in [7, 11) is 0. The number of hydrogen-bond acceptors (Lipinski definition) is 3. The molecule has 1 saturated heterocycles. The second-order valence-corrected chi connectivity index (χ2v) is 5.11. The molecular formula is C11H18N2OS. The molecule has 2 heterocycles. The van der Waals surface area contributed by atoms with Gasteiger partial charge >= 0.3 is 0 Å². The number of rotatable bonds is 5. The van der Waals surface area contributed by atoms with Crippen LogP contribution in [0.1, 0.15) is 12.8 Å². The molecule has 2 rings (SSSR count). The summed E-state index contributed by atoms with van der Waals surface area (Å²) in [5.41, 5.74) is 0. The third kappa shape index (κ3) is 3.87. The first kappa shape index (κ1) is 11.0. The summed E-state index contributed by atoms with van der Waals surface area (Å²) in [4.78, 5) is 4.02. The van der Waals surface area contributed by atoms with Crippen molar-refractivity contribution in [1.29, 1.82) is 0 Å². The quantitative estimate of drug-likeness (QED) is 0.719. The zero-order valence-corrected chi connectivity index (χ0v) is 9.79. The topological polar surface area (TPSA) is 27.1 Å². The van der Waals surface area contributed by atoms with E-state index in [2.05, 4.69) is 9.55 Å². The monoisotopic (exact) mass is 226 g/mol. The van der Waals surface area contributed by atoms with Crippen LogP contribution in [0.5, 0.6) is 0 Å². The van der Waals surface area contributed by atoms with Crippen LogP contribution < -0.4 is 0 Å². The summed E-state index contributed by atoms with van der Waals surface area (Å²) in [6.07, 6.45) is 8.32. The van der Waals surface area contributed by atoms with Crippen molar-refractivity contribution in [3.05, 3.63) is 18.7 Å². The zero-order chi connectivity index (χ0) is 10.3. The zero-order valence-electron chi connectivity index (χ0n) is 8.97. The maximum Gasteiger partial charge on any atom is 0.0946 e. The summed E-state index contributed by atoms with van der Waals surface area (Å²) >= 11 is 2.03. The van der Waals surface area contributed by atoms with Crippen molar-refractivity contribution < 1.29 is 4.74 Å². The molecule has 1 fully saturated rings. The molecule has 84 valence electrons. The summed E-state index contributed by atoms with van der Waals surface area (Å²) in [5, 5.41) is 0. The lowest BCUT2D eigenvalue weighted by Crippen LogP contribution is -2.19. The molecule has 0 saturated carbocycles. The van der Waals surface area contributed by atoms with Crippen LogP contribution in [0.3, 0.4) is 0 Å². The van der Waals surface area contributed by atoms with E-state index in [1.165, 1.54) is 24.3 Å². The lowest BCUT2D eigenvalue weighted by molar-refractivity contribution is 0.0632.